The summed E-state index contributed by atoms with van der Waals surface area (Å²) in [5, 5.41) is 10.1. The topological polar surface area (TPSA) is 25.8 Å². The summed E-state index contributed by atoms with van der Waals surface area (Å²) in [4.78, 5) is 10.3. The number of hydrogen-bond acceptors (Lipinski definition) is 3. The van der Waals surface area contributed by atoms with E-state index < -0.39 is 0 Å². The third kappa shape index (κ3) is 4.62. The number of thiophene rings is 1. The monoisotopic (exact) mass is 640 g/mol. The summed E-state index contributed by atoms with van der Waals surface area (Å²) in [6, 6.07) is 60.8. The molecule has 0 atom stereocenters. The summed E-state index contributed by atoms with van der Waals surface area (Å²) in [7, 11) is 0. The van der Waals surface area contributed by atoms with Crippen LogP contribution in [0.2, 0.25) is 0 Å². The maximum atomic E-state index is 5.15. The first-order valence-corrected chi connectivity index (χ1v) is 17.4. The second-order valence-electron chi connectivity index (χ2n) is 12.5. The molecule has 3 heteroatoms. The van der Waals surface area contributed by atoms with Crippen molar-refractivity contribution in [3.8, 4) is 45.0 Å². The molecule has 0 aliphatic heterocycles. The van der Waals surface area contributed by atoms with Crippen molar-refractivity contribution in [3.63, 3.8) is 0 Å². The molecule has 2 heterocycles. The van der Waals surface area contributed by atoms with E-state index in [0.29, 0.717) is 0 Å². The van der Waals surface area contributed by atoms with Gasteiger partial charge < -0.3 is 0 Å². The maximum Gasteiger partial charge on any atom is 0.160 e. The van der Waals surface area contributed by atoms with Gasteiger partial charge in [0.15, 0.2) is 5.82 Å². The number of aromatic nitrogens is 2. The van der Waals surface area contributed by atoms with E-state index in [1.165, 1.54) is 63.6 Å². The van der Waals surface area contributed by atoms with Gasteiger partial charge in [0.05, 0.1) is 11.4 Å². The first kappa shape index (κ1) is 27.9. The average molecular weight is 641 g/mol. The predicted molar refractivity (Wildman–Crippen MR) is 209 cm³/mol. The number of nitrogens with zero attached hydrogens (tertiary/aromatic N) is 2. The zero-order valence-electron chi connectivity index (χ0n) is 26.5. The van der Waals surface area contributed by atoms with Gasteiger partial charge in [-0.05, 0) is 67.7 Å². The Balaban J connectivity index is 1.22. The molecular weight excluding hydrogens is 613 g/mol. The van der Waals surface area contributed by atoms with Gasteiger partial charge >= 0.3 is 0 Å². The molecule has 0 amide bonds. The van der Waals surface area contributed by atoms with Gasteiger partial charge in [-0.2, -0.15) is 0 Å². The fraction of sp³-hybridized carbons (Fsp3) is 0. The van der Waals surface area contributed by atoms with E-state index in [2.05, 4.69) is 158 Å². The second kappa shape index (κ2) is 11.2. The van der Waals surface area contributed by atoms with Crippen molar-refractivity contribution in [2.45, 2.75) is 0 Å². The lowest BCUT2D eigenvalue weighted by atomic mass is 9.88. The molecule has 0 bridgehead atoms. The van der Waals surface area contributed by atoms with Crippen LogP contribution in [0.1, 0.15) is 0 Å². The predicted octanol–water partition coefficient (Wildman–Crippen LogP) is 13.0. The van der Waals surface area contributed by atoms with Crippen molar-refractivity contribution in [2.24, 2.45) is 0 Å². The first-order valence-electron chi connectivity index (χ1n) is 16.6. The maximum absolute atomic E-state index is 5.15. The molecule has 2 nitrogen and oxygen atoms in total. The molecule has 0 saturated heterocycles. The zero-order chi connectivity index (χ0) is 32.3. The van der Waals surface area contributed by atoms with Gasteiger partial charge in [-0.1, -0.05) is 146 Å². The highest BCUT2D eigenvalue weighted by Gasteiger charge is 2.17. The summed E-state index contributed by atoms with van der Waals surface area (Å²) < 4.78 is 2.64. The Morgan fingerprint density at radius 3 is 1.61 bits per heavy atom. The van der Waals surface area contributed by atoms with Crippen LogP contribution in [0.5, 0.6) is 0 Å². The smallest absolute Gasteiger partial charge is 0.160 e. The Labute approximate surface area is 287 Å². The van der Waals surface area contributed by atoms with Crippen molar-refractivity contribution in [1.29, 1.82) is 0 Å². The van der Waals surface area contributed by atoms with E-state index in [-0.39, 0.29) is 0 Å². The Hall–Kier alpha value is -6.16. The molecule has 0 unspecified atom stereocenters. The van der Waals surface area contributed by atoms with Crippen LogP contribution in [0.15, 0.2) is 170 Å². The van der Waals surface area contributed by atoms with E-state index in [4.69, 9.17) is 9.97 Å². The minimum atomic E-state index is 0.717. The van der Waals surface area contributed by atoms with Gasteiger partial charge in [-0.15, -0.1) is 11.3 Å². The number of fused-ring (bicyclic) bond motifs is 9. The quantitative estimate of drug-likeness (QED) is 0.179. The van der Waals surface area contributed by atoms with Crippen LogP contribution in [0.3, 0.4) is 0 Å². The van der Waals surface area contributed by atoms with Gasteiger partial charge in [-0.3, -0.25) is 0 Å². The number of rotatable bonds is 4. The highest BCUT2D eigenvalue weighted by Crippen LogP contribution is 2.43. The fourth-order valence-electron chi connectivity index (χ4n) is 7.37. The summed E-state index contributed by atoms with van der Waals surface area (Å²) in [6.45, 7) is 0. The summed E-state index contributed by atoms with van der Waals surface area (Å²) >= 11 is 1.87. The molecule has 8 aromatic carbocycles. The molecule has 10 aromatic rings. The third-order valence-corrected chi connectivity index (χ3v) is 10.8. The minimum absolute atomic E-state index is 0.717. The van der Waals surface area contributed by atoms with E-state index in [1.54, 1.807) is 0 Å². The molecule has 0 aliphatic rings. The normalized spacial score (nSPS) is 11.7. The Kier molecular flexibility index (Phi) is 6.39. The van der Waals surface area contributed by atoms with Crippen molar-refractivity contribution in [1.82, 2.24) is 9.97 Å². The van der Waals surface area contributed by atoms with Crippen LogP contribution in [-0.4, -0.2) is 9.97 Å². The number of benzene rings is 8. The van der Waals surface area contributed by atoms with Crippen LogP contribution in [0, 0.1) is 0 Å². The van der Waals surface area contributed by atoms with Crippen LogP contribution in [0.25, 0.3) is 97.5 Å². The molecule has 49 heavy (non-hydrogen) atoms. The Morgan fingerprint density at radius 2 is 0.878 bits per heavy atom. The molecule has 0 spiro atoms. The standard InChI is InChI=1S/C46H28N2S/c1-3-12-29(13-4-1)41-28-42(30-14-5-2-6-15-30)48-46(47-41)32-23-25-39-40(26-32)35-17-8-7-16-34(35)38-20-11-19-33(45(38)39)31-22-24-37-36-18-9-10-21-43(36)49-44(37)27-31/h1-28H. The highest BCUT2D eigenvalue weighted by atomic mass is 32.1. The molecule has 0 aliphatic carbocycles. The van der Waals surface area contributed by atoms with Gasteiger partial charge in [0.1, 0.15) is 0 Å². The van der Waals surface area contributed by atoms with Crippen LogP contribution >= 0.6 is 11.3 Å². The van der Waals surface area contributed by atoms with Gasteiger partial charge in [-0.25, -0.2) is 9.97 Å². The summed E-state index contributed by atoms with van der Waals surface area (Å²) in [5.74, 6) is 0.717. The molecule has 0 saturated carbocycles. The van der Waals surface area contributed by atoms with E-state index >= 15 is 0 Å². The van der Waals surface area contributed by atoms with Gasteiger partial charge in [0.2, 0.25) is 0 Å². The molecule has 10 rings (SSSR count). The van der Waals surface area contributed by atoms with Gasteiger partial charge in [0.25, 0.3) is 0 Å². The minimum Gasteiger partial charge on any atom is -0.228 e. The average Bonchev–Trinajstić information content (AvgIpc) is 3.56. The van der Waals surface area contributed by atoms with Gasteiger partial charge in [0, 0.05) is 36.9 Å². The van der Waals surface area contributed by atoms with Crippen molar-refractivity contribution in [2.75, 3.05) is 0 Å². The molecule has 0 radical (unpaired) electrons. The van der Waals surface area contributed by atoms with Crippen molar-refractivity contribution >= 4 is 63.8 Å². The van der Waals surface area contributed by atoms with E-state index in [0.717, 1.165) is 33.9 Å². The lowest BCUT2D eigenvalue weighted by Crippen LogP contribution is -1.96. The number of hydrogen-bond donors (Lipinski definition) is 0. The Morgan fingerprint density at radius 1 is 0.327 bits per heavy atom. The van der Waals surface area contributed by atoms with Crippen molar-refractivity contribution in [3.05, 3.63) is 170 Å². The molecule has 2 aromatic heterocycles. The van der Waals surface area contributed by atoms with Crippen LogP contribution < -0.4 is 0 Å². The molecule has 228 valence electrons. The largest absolute Gasteiger partial charge is 0.228 e. The van der Waals surface area contributed by atoms with E-state index in [1.807, 2.05) is 23.5 Å². The lowest BCUT2D eigenvalue weighted by molar-refractivity contribution is 1.18. The Bertz CT molecular complexity index is 2810. The summed E-state index contributed by atoms with van der Waals surface area (Å²) in [5.41, 5.74) is 7.43. The molecule has 0 fully saturated rings. The fourth-order valence-corrected chi connectivity index (χ4v) is 8.51. The van der Waals surface area contributed by atoms with Crippen LogP contribution in [0.4, 0.5) is 0 Å². The SMILES string of the molecule is c1ccc(-c2cc(-c3ccccc3)nc(-c3ccc4c(c3)c3ccccc3c3cccc(-c5ccc6c(c5)sc5ccccc56)c34)n2)cc1. The van der Waals surface area contributed by atoms with Crippen LogP contribution in [-0.2, 0) is 0 Å². The summed E-state index contributed by atoms with van der Waals surface area (Å²) in [6.07, 6.45) is 0. The molecule has 0 N–H and O–H groups in total. The zero-order valence-corrected chi connectivity index (χ0v) is 27.3. The van der Waals surface area contributed by atoms with E-state index in [9.17, 15) is 0 Å². The molecular formula is C46H28N2S. The lowest BCUT2D eigenvalue weighted by Gasteiger charge is -2.16. The van der Waals surface area contributed by atoms with Crippen molar-refractivity contribution < 1.29 is 0 Å². The highest BCUT2D eigenvalue weighted by molar-refractivity contribution is 7.25. The first-order chi connectivity index (χ1) is 24.3. The third-order valence-electron chi connectivity index (χ3n) is 9.67. The second-order valence-corrected chi connectivity index (χ2v) is 13.6.